The van der Waals surface area contributed by atoms with Gasteiger partial charge in [-0.25, -0.2) is 4.98 Å². The zero-order valence-corrected chi connectivity index (χ0v) is 11.0. The molecular formula is C13H17N5O. The van der Waals surface area contributed by atoms with Crippen molar-refractivity contribution >= 4 is 11.6 Å². The van der Waals surface area contributed by atoms with Crippen LogP contribution in [0.5, 0.6) is 0 Å². The Labute approximate surface area is 111 Å². The monoisotopic (exact) mass is 259 g/mol. The van der Waals surface area contributed by atoms with Crippen LogP contribution in [0.4, 0.5) is 5.69 Å². The van der Waals surface area contributed by atoms with Crippen molar-refractivity contribution in [2.45, 2.75) is 13.3 Å². The topological polar surface area (TPSA) is 82.7 Å². The summed E-state index contributed by atoms with van der Waals surface area (Å²) in [5.74, 6) is 0.697. The molecule has 0 aliphatic rings. The van der Waals surface area contributed by atoms with Gasteiger partial charge in [-0.05, 0) is 30.7 Å². The Morgan fingerprint density at radius 2 is 2.26 bits per heavy atom. The Morgan fingerprint density at radius 1 is 1.42 bits per heavy atom. The molecule has 3 N–H and O–H groups in total. The molecule has 0 fully saturated rings. The van der Waals surface area contributed by atoms with Crippen LogP contribution in [0, 0.1) is 6.92 Å². The molecule has 0 unspecified atom stereocenters. The molecule has 0 saturated carbocycles. The van der Waals surface area contributed by atoms with Gasteiger partial charge in [0, 0.05) is 31.3 Å². The zero-order valence-electron chi connectivity index (χ0n) is 11.0. The zero-order chi connectivity index (χ0) is 13.7. The number of rotatable bonds is 5. The average Bonchev–Trinajstić information content (AvgIpc) is 2.91. The van der Waals surface area contributed by atoms with Gasteiger partial charge >= 0.3 is 0 Å². The summed E-state index contributed by atoms with van der Waals surface area (Å²) in [5.41, 5.74) is 2.64. The minimum Gasteiger partial charge on any atom is -0.388 e. The lowest BCUT2D eigenvalue weighted by Crippen LogP contribution is -2.26. The van der Waals surface area contributed by atoms with E-state index >= 15 is 0 Å². The van der Waals surface area contributed by atoms with Crippen molar-refractivity contribution in [2.75, 3.05) is 18.9 Å². The molecule has 2 aromatic rings. The first-order valence-corrected chi connectivity index (χ1v) is 6.11. The van der Waals surface area contributed by atoms with Gasteiger partial charge in [0.25, 0.3) is 5.91 Å². The quantitative estimate of drug-likeness (QED) is 0.751. The van der Waals surface area contributed by atoms with Crippen molar-refractivity contribution in [1.29, 1.82) is 0 Å². The number of H-pyrrole nitrogens is 1. The van der Waals surface area contributed by atoms with Gasteiger partial charge in [0.2, 0.25) is 0 Å². The van der Waals surface area contributed by atoms with Gasteiger partial charge in [-0.3, -0.25) is 9.89 Å². The Balaban J connectivity index is 1.92. The number of benzene rings is 1. The molecule has 0 spiro atoms. The number of aromatic amines is 1. The fourth-order valence-electron chi connectivity index (χ4n) is 1.81. The average molecular weight is 259 g/mol. The lowest BCUT2D eigenvalue weighted by Gasteiger charge is -2.08. The molecule has 0 bridgehead atoms. The first-order valence-electron chi connectivity index (χ1n) is 6.11. The maximum atomic E-state index is 12.0. The van der Waals surface area contributed by atoms with Crippen LogP contribution in [0.15, 0.2) is 24.5 Å². The molecule has 1 aromatic heterocycles. The lowest BCUT2D eigenvalue weighted by molar-refractivity contribution is 0.0953. The number of nitrogens with one attached hydrogen (secondary N) is 3. The Kier molecular flexibility index (Phi) is 4.12. The molecular weight excluding hydrogens is 242 g/mol. The van der Waals surface area contributed by atoms with Gasteiger partial charge in [-0.1, -0.05) is 0 Å². The second-order valence-electron chi connectivity index (χ2n) is 4.22. The molecule has 1 aromatic carbocycles. The molecule has 19 heavy (non-hydrogen) atoms. The summed E-state index contributed by atoms with van der Waals surface area (Å²) >= 11 is 0. The van der Waals surface area contributed by atoms with E-state index in [-0.39, 0.29) is 5.91 Å². The number of amides is 1. The number of hydrogen-bond donors (Lipinski definition) is 3. The highest BCUT2D eigenvalue weighted by molar-refractivity contribution is 5.96. The van der Waals surface area contributed by atoms with E-state index in [2.05, 4.69) is 25.8 Å². The Bertz CT molecular complexity index is 550. The molecule has 0 saturated heterocycles. The third-order valence-corrected chi connectivity index (χ3v) is 2.87. The van der Waals surface area contributed by atoms with Crippen LogP contribution in [0.2, 0.25) is 0 Å². The van der Waals surface area contributed by atoms with E-state index in [0.29, 0.717) is 18.5 Å². The number of carbonyl (C=O) groups excluding carboxylic acids is 1. The van der Waals surface area contributed by atoms with Gasteiger partial charge in [-0.2, -0.15) is 5.10 Å². The number of anilines is 1. The third-order valence-electron chi connectivity index (χ3n) is 2.87. The summed E-state index contributed by atoms with van der Waals surface area (Å²) in [6.07, 6.45) is 2.09. The number of hydrogen-bond acceptors (Lipinski definition) is 4. The summed E-state index contributed by atoms with van der Waals surface area (Å²) < 4.78 is 0. The van der Waals surface area contributed by atoms with Crippen molar-refractivity contribution in [3.63, 3.8) is 0 Å². The van der Waals surface area contributed by atoms with Crippen molar-refractivity contribution in [3.8, 4) is 0 Å². The number of carbonyl (C=O) groups is 1. The predicted molar refractivity (Wildman–Crippen MR) is 73.1 cm³/mol. The standard InChI is InChI=1S/C13H17N5O/c1-9-7-10(14-2)3-4-11(9)13(19)15-6-5-12-16-8-17-18-12/h3-4,7-8,14H,5-6H2,1-2H3,(H,15,19)(H,16,17,18). The molecule has 0 aliphatic carbocycles. The predicted octanol–water partition coefficient (Wildman–Crippen LogP) is 1.13. The number of nitrogens with zero attached hydrogens (tertiary/aromatic N) is 2. The van der Waals surface area contributed by atoms with Gasteiger partial charge < -0.3 is 10.6 Å². The molecule has 100 valence electrons. The van der Waals surface area contributed by atoms with E-state index in [9.17, 15) is 4.79 Å². The third kappa shape index (κ3) is 3.31. The summed E-state index contributed by atoms with van der Waals surface area (Å²) in [5, 5.41) is 12.4. The van der Waals surface area contributed by atoms with Crippen LogP contribution in [0.25, 0.3) is 0 Å². The van der Waals surface area contributed by atoms with Crippen LogP contribution in [-0.2, 0) is 6.42 Å². The van der Waals surface area contributed by atoms with Crippen molar-refractivity contribution in [1.82, 2.24) is 20.5 Å². The van der Waals surface area contributed by atoms with Gasteiger partial charge in [-0.15, -0.1) is 0 Å². The second kappa shape index (κ2) is 5.99. The van der Waals surface area contributed by atoms with E-state index in [1.54, 1.807) is 0 Å². The second-order valence-corrected chi connectivity index (χ2v) is 4.22. The molecule has 0 atom stereocenters. The highest BCUT2D eigenvalue weighted by atomic mass is 16.1. The summed E-state index contributed by atoms with van der Waals surface area (Å²) in [7, 11) is 1.85. The van der Waals surface area contributed by atoms with Crippen molar-refractivity contribution in [3.05, 3.63) is 41.5 Å². The van der Waals surface area contributed by atoms with Crippen LogP contribution < -0.4 is 10.6 Å². The van der Waals surface area contributed by atoms with E-state index in [0.717, 1.165) is 17.1 Å². The fourth-order valence-corrected chi connectivity index (χ4v) is 1.81. The van der Waals surface area contributed by atoms with Crippen LogP contribution in [0.1, 0.15) is 21.7 Å². The summed E-state index contributed by atoms with van der Waals surface area (Å²) in [4.78, 5) is 16.0. The maximum absolute atomic E-state index is 12.0. The van der Waals surface area contributed by atoms with Crippen LogP contribution >= 0.6 is 0 Å². The Hall–Kier alpha value is -2.37. The SMILES string of the molecule is CNc1ccc(C(=O)NCCc2ncn[nH]2)c(C)c1. The largest absolute Gasteiger partial charge is 0.388 e. The van der Waals surface area contributed by atoms with Gasteiger partial charge in [0.1, 0.15) is 12.2 Å². The fraction of sp³-hybridized carbons (Fsp3) is 0.308. The van der Waals surface area contributed by atoms with E-state index in [4.69, 9.17) is 0 Å². The molecule has 6 heteroatoms. The first-order chi connectivity index (χ1) is 9.20. The van der Waals surface area contributed by atoms with Crippen molar-refractivity contribution in [2.24, 2.45) is 0 Å². The molecule has 0 aliphatic heterocycles. The minimum atomic E-state index is -0.0698. The minimum absolute atomic E-state index is 0.0698. The molecule has 6 nitrogen and oxygen atoms in total. The van der Waals surface area contributed by atoms with E-state index < -0.39 is 0 Å². The van der Waals surface area contributed by atoms with E-state index in [1.165, 1.54) is 6.33 Å². The maximum Gasteiger partial charge on any atom is 0.251 e. The lowest BCUT2D eigenvalue weighted by atomic mass is 10.1. The summed E-state index contributed by atoms with van der Waals surface area (Å²) in [6, 6.07) is 5.66. The first kappa shape index (κ1) is 13.1. The number of aryl methyl sites for hydroxylation is 1. The Morgan fingerprint density at radius 3 is 2.89 bits per heavy atom. The van der Waals surface area contributed by atoms with Gasteiger partial charge in [0.15, 0.2) is 0 Å². The highest BCUT2D eigenvalue weighted by Gasteiger charge is 2.08. The molecule has 0 radical (unpaired) electrons. The molecule has 1 amide bonds. The van der Waals surface area contributed by atoms with Crippen LogP contribution in [-0.4, -0.2) is 34.7 Å². The summed E-state index contributed by atoms with van der Waals surface area (Å²) in [6.45, 7) is 2.45. The molecule has 1 heterocycles. The van der Waals surface area contributed by atoms with Gasteiger partial charge in [0.05, 0.1) is 0 Å². The highest BCUT2D eigenvalue weighted by Crippen LogP contribution is 2.14. The smallest absolute Gasteiger partial charge is 0.251 e. The molecule has 2 rings (SSSR count). The number of aromatic nitrogens is 3. The van der Waals surface area contributed by atoms with E-state index in [1.807, 2.05) is 32.2 Å². The van der Waals surface area contributed by atoms with Crippen molar-refractivity contribution < 1.29 is 4.79 Å². The normalized spacial score (nSPS) is 10.2. The van der Waals surface area contributed by atoms with Crippen LogP contribution in [0.3, 0.4) is 0 Å².